The van der Waals surface area contributed by atoms with Gasteiger partial charge < -0.3 is 9.47 Å². The molecule has 0 amide bonds. The third-order valence-electron chi connectivity index (χ3n) is 4.33. The second-order valence-electron chi connectivity index (χ2n) is 8.42. The number of aliphatic imine (C=N–C) groups is 2. The maximum Gasteiger partial charge on any atom is 0.226 e. The Balaban J connectivity index is 1.78. The summed E-state index contributed by atoms with van der Waals surface area (Å²) >= 11 is 1.64. The molecule has 1 aromatic rings. The van der Waals surface area contributed by atoms with Gasteiger partial charge in [0.15, 0.2) is 0 Å². The Kier molecular flexibility index (Phi) is 4.03. The summed E-state index contributed by atoms with van der Waals surface area (Å²) < 4.78 is 11.6. The van der Waals surface area contributed by atoms with Crippen LogP contribution in [-0.4, -0.2) is 37.1 Å². The quantitative estimate of drug-likeness (QED) is 0.816. The van der Waals surface area contributed by atoms with Crippen LogP contribution in [0.25, 0.3) is 0 Å². The van der Waals surface area contributed by atoms with Gasteiger partial charge in [0.05, 0.1) is 21.8 Å². The number of hydrogen-bond acceptors (Lipinski definition) is 5. The molecule has 0 fully saturated rings. The molecule has 5 heteroatoms. The molecule has 2 atom stereocenters. The molecule has 0 spiro atoms. The molecule has 3 heterocycles. The summed E-state index contributed by atoms with van der Waals surface area (Å²) in [5.41, 5.74) is 0.251. The van der Waals surface area contributed by atoms with Gasteiger partial charge in [-0.2, -0.15) is 0 Å². The number of rotatable bonds is 2. The molecule has 2 aliphatic heterocycles. The zero-order valence-corrected chi connectivity index (χ0v) is 15.7. The van der Waals surface area contributed by atoms with Gasteiger partial charge in [0.2, 0.25) is 11.8 Å². The van der Waals surface area contributed by atoms with Gasteiger partial charge in [-0.3, -0.25) is 0 Å². The van der Waals surface area contributed by atoms with E-state index in [4.69, 9.17) is 19.5 Å². The van der Waals surface area contributed by atoms with Crippen molar-refractivity contribution in [1.29, 1.82) is 0 Å². The largest absolute Gasteiger partial charge is 0.475 e. The summed E-state index contributed by atoms with van der Waals surface area (Å²) in [6.45, 7) is 14.5. The van der Waals surface area contributed by atoms with Gasteiger partial charge in [-0.15, -0.1) is 11.3 Å². The molecule has 0 N–H and O–H groups in total. The van der Waals surface area contributed by atoms with Crippen molar-refractivity contribution < 1.29 is 9.47 Å². The van der Waals surface area contributed by atoms with Crippen molar-refractivity contribution in [3.8, 4) is 0 Å². The summed E-state index contributed by atoms with van der Waals surface area (Å²) in [5.74, 6) is 1.51. The summed E-state index contributed by atoms with van der Waals surface area (Å²) in [7, 11) is 0. The van der Waals surface area contributed by atoms with E-state index in [1.54, 1.807) is 11.3 Å². The molecule has 23 heavy (non-hydrogen) atoms. The highest BCUT2D eigenvalue weighted by Crippen LogP contribution is 2.31. The Bertz CT molecular complexity index is 592. The zero-order chi connectivity index (χ0) is 16.8. The minimum atomic E-state index is 0.125. The van der Waals surface area contributed by atoms with Crippen molar-refractivity contribution in [3.63, 3.8) is 0 Å². The van der Waals surface area contributed by atoms with E-state index in [0.29, 0.717) is 13.2 Å². The molecule has 0 aromatic carbocycles. The molecule has 4 nitrogen and oxygen atoms in total. The van der Waals surface area contributed by atoms with Crippen LogP contribution in [0.4, 0.5) is 0 Å². The third-order valence-corrected chi connectivity index (χ3v) is 5.39. The minimum absolute atomic E-state index is 0.125. The third kappa shape index (κ3) is 3.44. The normalized spacial score (nSPS) is 25.0. The standard InChI is InChI=1S/C18H26N2O2S/c1-17(2,3)13-9-21-15(19-13)11-7-8-12(23-11)16-20-14(10-22-16)18(4,5)6/h7-8,13-14H,9-10H2,1-6H3/t13-,14-/m1/s1. The predicted molar refractivity (Wildman–Crippen MR) is 95.8 cm³/mol. The molecule has 2 aliphatic rings. The Morgan fingerprint density at radius 1 is 0.826 bits per heavy atom. The van der Waals surface area contributed by atoms with E-state index in [9.17, 15) is 0 Å². The van der Waals surface area contributed by atoms with E-state index in [-0.39, 0.29) is 22.9 Å². The van der Waals surface area contributed by atoms with Crippen molar-refractivity contribution in [2.75, 3.05) is 13.2 Å². The predicted octanol–water partition coefficient (Wildman–Crippen LogP) is 4.13. The summed E-state index contributed by atoms with van der Waals surface area (Å²) in [6, 6.07) is 4.54. The van der Waals surface area contributed by atoms with Crippen LogP contribution in [0.3, 0.4) is 0 Å². The fourth-order valence-electron chi connectivity index (χ4n) is 2.47. The van der Waals surface area contributed by atoms with Crippen LogP contribution in [0.5, 0.6) is 0 Å². The first kappa shape index (κ1) is 16.5. The lowest BCUT2D eigenvalue weighted by atomic mass is 9.88. The van der Waals surface area contributed by atoms with E-state index < -0.39 is 0 Å². The average Bonchev–Trinajstić information content (AvgIpc) is 3.17. The van der Waals surface area contributed by atoms with Crippen LogP contribution in [0.15, 0.2) is 22.1 Å². The van der Waals surface area contributed by atoms with E-state index in [1.807, 2.05) is 0 Å². The first-order valence-electron chi connectivity index (χ1n) is 8.16. The molecule has 3 rings (SSSR count). The van der Waals surface area contributed by atoms with E-state index >= 15 is 0 Å². The molecule has 0 bridgehead atoms. The van der Waals surface area contributed by atoms with Gasteiger partial charge in [0.1, 0.15) is 13.2 Å². The lowest BCUT2D eigenvalue weighted by Crippen LogP contribution is -2.25. The number of thiophene rings is 1. The molecular formula is C18H26N2O2S. The Labute approximate surface area is 142 Å². The molecule has 1 aromatic heterocycles. The van der Waals surface area contributed by atoms with Gasteiger partial charge in [0.25, 0.3) is 0 Å². The molecule has 0 aliphatic carbocycles. The van der Waals surface area contributed by atoms with Crippen molar-refractivity contribution in [2.24, 2.45) is 20.8 Å². The fourth-order valence-corrected chi connectivity index (χ4v) is 3.38. The SMILES string of the molecule is CC(C)(C)[C@H]1COC(c2ccc(C3=N[C@@H](C(C)(C)C)CO3)s2)=N1. The lowest BCUT2D eigenvalue weighted by Gasteiger charge is -2.21. The highest BCUT2D eigenvalue weighted by molar-refractivity contribution is 7.16. The van der Waals surface area contributed by atoms with Crippen LogP contribution in [0.1, 0.15) is 51.3 Å². The molecule has 0 saturated heterocycles. The van der Waals surface area contributed by atoms with Crippen molar-refractivity contribution in [1.82, 2.24) is 0 Å². The summed E-state index contributed by atoms with van der Waals surface area (Å²) in [6.07, 6.45) is 0. The van der Waals surface area contributed by atoms with E-state index in [1.165, 1.54) is 0 Å². The van der Waals surface area contributed by atoms with Gasteiger partial charge >= 0.3 is 0 Å². The second-order valence-corrected chi connectivity index (χ2v) is 9.50. The fraction of sp³-hybridized carbons (Fsp3) is 0.667. The summed E-state index contributed by atoms with van der Waals surface area (Å²) in [5, 5.41) is 0. The lowest BCUT2D eigenvalue weighted by molar-refractivity contribution is 0.236. The Morgan fingerprint density at radius 2 is 1.22 bits per heavy atom. The zero-order valence-electron chi connectivity index (χ0n) is 14.8. The Hall–Kier alpha value is -1.36. The first-order valence-corrected chi connectivity index (χ1v) is 8.98. The molecule has 0 saturated carbocycles. The minimum Gasteiger partial charge on any atom is -0.475 e. The van der Waals surface area contributed by atoms with Gasteiger partial charge in [-0.05, 0) is 23.0 Å². The molecule has 0 unspecified atom stereocenters. The van der Waals surface area contributed by atoms with Crippen LogP contribution in [-0.2, 0) is 9.47 Å². The van der Waals surface area contributed by atoms with E-state index in [0.717, 1.165) is 21.5 Å². The van der Waals surface area contributed by atoms with Crippen LogP contribution in [0.2, 0.25) is 0 Å². The number of nitrogens with zero attached hydrogens (tertiary/aromatic N) is 2. The van der Waals surface area contributed by atoms with Crippen molar-refractivity contribution in [3.05, 3.63) is 21.9 Å². The molecule has 0 radical (unpaired) electrons. The van der Waals surface area contributed by atoms with Crippen LogP contribution < -0.4 is 0 Å². The highest BCUT2D eigenvalue weighted by atomic mass is 32.1. The monoisotopic (exact) mass is 334 g/mol. The average molecular weight is 334 g/mol. The van der Waals surface area contributed by atoms with Gasteiger partial charge in [-0.1, -0.05) is 41.5 Å². The van der Waals surface area contributed by atoms with E-state index in [2.05, 4.69) is 53.7 Å². The number of ether oxygens (including phenoxy) is 2. The van der Waals surface area contributed by atoms with Crippen LogP contribution >= 0.6 is 11.3 Å². The maximum absolute atomic E-state index is 5.81. The van der Waals surface area contributed by atoms with Crippen LogP contribution in [0, 0.1) is 10.8 Å². The second kappa shape index (κ2) is 5.62. The van der Waals surface area contributed by atoms with Gasteiger partial charge in [-0.25, -0.2) is 9.98 Å². The van der Waals surface area contributed by atoms with Crippen molar-refractivity contribution in [2.45, 2.75) is 53.6 Å². The van der Waals surface area contributed by atoms with Crippen molar-refractivity contribution >= 4 is 23.1 Å². The topological polar surface area (TPSA) is 43.2 Å². The van der Waals surface area contributed by atoms with Gasteiger partial charge in [0, 0.05) is 0 Å². The Morgan fingerprint density at radius 3 is 1.52 bits per heavy atom. The molecule has 126 valence electrons. The number of hydrogen-bond donors (Lipinski definition) is 0. The first-order chi connectivity index (χ1) is 10.6. The molecular weight excluding hydrogens is 308 g/mol. The summed E-state index contributed by atoms with van der Waals surface area (Å²) in [4.78, 5) is 11.6. The highest BCUT2D eigenvalue weighted by Gasteiger charge is 2.33. The maximum atomic E-state index is 5.81. The smallest absolute Gasteiger partial charge is 0.226 e.